The lowest BCUT2D eigenvalue weighted by atomic mass is 9.96. The second-order valence-electron chi connectivity index (χ2n) is 3.72. The Morgan fingerprint density at radius 2 is 1.45 bits per heavy atom. The van der Waals surface area contributed by atoms with Crippen LogP contribution in [0.3, 0.4) is 0 Å². The molecule has 0 bridgehead atoms. The molecular formula is C10H7F6NO3. The number of carbonyl (C=O) groups is 1. The number of carboxylic acids is 1. The topological polar surface area (TPSA) is 83.5 Å². The first-order chi connectivity index (χ1) is 8.87. The van der Waals surface area contributed by atoms with Crippen molar-refractivity contribution in [3.8, 4) is 0 Å². The number of rotatable bonds is 2. The third-order valence-corrected chi connectivity index (χ3v) is 2.41. The van der Waals surface area contributed by atoms with Crippen molar-refractivity contribution < 1.29 is 41.4 Å². The summed E-state index contributed by atoms with van der Waals surface area (Å²) in [5.41, 5.74) is -1.43. The van der Waals surface area contributed by atoms with Crippen LogP contribution < -0.4 is 5.73 Å². The summed E-state index contributed by atoms with van der Waals surface area (Å²) in [5, 5.41) is 17.7. The maximum atomic E-state index is 12.6. The van der Waals surface area contributed by atoms with Gasteiger partial charge >= 0.3 is 18.3 Å². The van der Waals surface area contributed by atoms with Crippen LogP contribution >= 0.6 is 0 Å². The molecule has 0 aliphatic heterocycles. The third-order valence-electron chi connectivity index (χ3n) is 2.41. The Labute approximate surface area is 107 Å². The number of aliphatic hydroxyl groups excluding tert-OH is 1. The number of nitrogens with two attached hydrogens (primary N) is 1. The van der Waals surface area contributed by atoms with Crippen LogP contribution in [0.15, 0.2) is 12.1 Å². The van der Waals surface area contributed by atoms with Gasteiger partial charge in [-0.2, -0.15) is 26.3 Å². The molecule has 0 spiro atoms. The molecule has 0 heterocycles. The van der Waals surface area contributed by atoms with E-state index in [9.17, 15) is 31.1 Å². The maximum Gasteiger partial charge on any atom is 0.418 e. The van der Waals surface area contributed by atoms with Gasteiger partial charge in [-0.25, -0.2) is 4.79 Å². The van der Waals surface area contributed by atoms with Gasteiger partial charge in [0.05, 0.1) is 16.8 Å². The van der Waals surface area contributed by atoms with E-state index in [1.54, 1.807) is 0 Å². The van der Waals surface area contributed by atoms with Crippen LogP contribution in [0.2, 0.25) is 0 Å². The summed E-state index contributed by atoms with van der Waals surface area (Å²) in [6.07, 6.45) is -13.1. The molecule has 0 aliphatic rings. The van der Waals surface area contributed by atoms with Gasteiger partial charge in [0.15, 0.2) is 6.10 Å². The molecule has 0 amide bonds. The maximum absolute atomic E-state index is 12.6. The van der Waals surface area contributed by atoms with Gasteiger partial charge in [0.1, 0.15) is 0 Å². The average molecular weight is 303 g/mol. The smallest absolute Gasteiger partial charge is 0.418 e. The van der Waals surface area contributed by atoms with Crippen LogP contribution in [0, 0.1) is 0 Å². The number of hydrogen-bond acceptors (Lipinski definition) is 3. The van der Waals surface area contributed by atoms with Crippen molar-refractivity contribution in [2.75, 3.05) is 5.73 Å². The molecule has 112 valence electrons. The summed E-state index contributed by atoms with van der Waals surface area (Å²) in [4.78, 5) is 10.5. The van der Waals surface area contributed by atoms with Gasteiger partial charge < -0.3 is 15.9 Å². The predicted molar refractivity (Wildman–Crippen MR) is 53.5 cm³/mol. The standard InChI is InChI=1S/C10H7F6NO3/c11-9(12,13)3-1-2-4(10(14,15)16)6(17)5(3)7(18)8(19)20/h1-2,7,18H,17H2,(H,19,20). The monoisotopic (exact) mass is 303 g/mol. The lowest BCUT2D eigenvalue weighted by Gasteiger charge is -2.20. The molecule has 10 heteroatoms. The van der Waals surface area contributed by atoms with Crippen molar-refractivity contribution >= 4 is 11.7 Å². The summed E-state index contributed by atoms with van der Waals surface area (Å²) in [5.74, 6) is -2.15. The minimum absolute atomic E-state index is 0.0284. The molecule has 4 N–H and O–H groups in total. The van der Waals surface area contributed by atoms with Gasteiger partial charge in [0.25, 0.3) is 0 Å². The van der Waals surface area contributed by atoms with E-state index in [0.717, 1.165) is 0 Å². The average Bonchev–Trinajstić information content (AvgIpc) is 2.24. The van der Waals surface area contributed by atoms with Crippen LogP contribution in [-0.2, 0) is 17.1 Å². The van der Waals surface area contributed by atoms with Crippen LogP contribution in [0.25, 0.3) is 0 Å². The third kappa shape index (κ3) is 2.95. The summed E-state index contributed by atoms with van der Waals surface area (Å²) >= 11 is 0. The van der Waals surface area contributed by atoms with Gasteiger partial charge in [-0.3, -0.25) is 0 Å². The van der Waals surface area contributed by atoms with E-state index in [-0.39, 0.29) is 12.1 Å². The normalized spacial score (nSPS) is 14.2. The Bertz CT molecular complexity index is 537. The van der Waals surface area contributed by atoms with Crippen LogP contribution in [0.4, 0.5) is 32.0 Å². The minimum Gasteiger partial charge on any atom is -0.479 e. The number of hydrogen-bond donors (Lipinski definition) is 3. The minimum atomic E-state index is -5.16. The molecule has 0 aromatic heterocycles. The van der Waals surface area contributed by atoms with Crippen LogP contribution in [0.5, 0.6) is 0 Å². The molecule has 1 atom stereocenters. The number of carboxylic acid groups (broad SMARTS) is 1. The lowest BCUT2D eigenvalue weighted by molar-refractivity contribution is -0.150. The Hall–Kier alpha value is -1.97. The molecule has 0 radical (unpaired) electrons. The number of nitrogen functional groups attached to an aromatic ring is 1. The van der Waals surface area contributed by atoms with Gasteiger partial charge in [0, 0.05) is 5.56 Å². The second kappa shape index (κ2) is 4.85. The highest BCUT2D eigenvalue weighted by atomic mass is 19.4. The number of alkyl halides is 6. The highest BCUT2D eigenvalue weighted by Gasteiger charge is 2.42. The predicted octanol–water partition coefficient (Wildman–Crippen LogP) is 2.42. The summed E-state index contributed by atoms with van der Waals surface area (Å²) in [7, 11) is 0. The van der Waals surface area contributed by atoms with Crippen LogP contribution in [-0.4, -0.2) is 16.2 Å². The molecule has 20 heavy (non-hydrogen) atoms. The van der Waals surface area contributed by atoms with E-state index in [1.807, 2.05) is 0 Å². The number of aliphatic carboxylic acids is 1. The molecule has 0 aliphatic carbocycles. The van der Waals surface area contributed by atoms with Crippen molar-refractivity contribution in [1.29, 1.82) is 0 Å². The first-order valence-electron chi connectivity index (χ1n) is 4.85. The molecule has 0 saturated carbocycles. The van der Waals surface area contributed by atoms with Crippen molar-refractivity contribution in [1.82, 2.24) is 0 Å². The number of benzene rings is 1. The Kier molecular flexibility index (Phi) is 3.90. The van der Waals surface area contributed by atoms with Crippen molar-refractivity contribution in [2.24, 2.45) is 0 Å². The van der Waals surface area contributed by atoms with Gasteiger partial charge in [0.2, 0.25) is 0 Å². The highest BCUT2D eigenvalue weighted by Crippen LogP contribution is 2.43. The molecule has 1 aromatic rings. The zero-order valence-corrected chi connectivity index (χ0v) is 9.38. The highest BCUT2D eigenvalue weighted by molar-refractivity contribution is 5.78. The van der Waals surface area contributed by atoms with Crippen molar-refractivity contribution in [3.63, 3.8) is 0 Å². The molecule has 4 nitrogen and oxygen atoms in total. The fourth-order valence-electron chi connectivity index (χ4n) is 1.55. The van der Waals surface area contributed by atoms with Crippen LogP contribution in [0.1, 0.15) is 22.8 Å². The molecule has 1 rings (SSSR count). The van der Waals surface area contributed by atoms with E-state index in [1.165, 1.54) is 0 Å². The van der Waals surface area contributed by atoms with E-state index < -0.39 is 46.8 Å². The fourth-order valence-corrected chi connectivity index (χ4v) is 1.55. The number of anilines is 1. The lowest BCUT2D eigenvalue weighted by Crippen LogP contribution is -2.22. The summed E-state index contributed by atoms with van der Waals surface area (Å²) in [6.45, 7) is 0. The van der Waals surface area contributed by atoms with Gasteiger partial charge in [-0.1, -0.05) is 0 Å². The second-order valence-corrected chi connectivity index (χ2v) is 3.72. The SMILES string of the molecule is Nc1c(C(F)(F)F)ccc(C(F)(F)F)c1C(O)C(=O)O. The Balaban J connectivity index is 3.68. The molecule has 0 fully saturated rings. The van der Waals surface area contributed by atoms with E-state index in [4.69, 9.17) is 15.9 Å². The molecule has 1 unspecified atom stereocenters. The summed E-state index contributed by atoms with van der Waals surface area (Å²) < 4.78 is 75.5. The molecular weight excluding hydrogens is 296 g/mol. The van der Waals surface area contributed by atoms with Gasteiger partial charge in [-0.05, 0) is 12.1 Å². The van der Waals surface area contributed by atoms with Crippen molar-refractivity contribution in [3.05, 3.63) is 28.8 Å². The van der Waals surface area contributed by atoms with E-state index in [2.05, 4.69) is 0 Å². The Morgan fingerprint density at radius 3 is 1.80 bits per heavy atom. The number of halogens is 6. The Morgan fingerprint density at radius 1 is 1.05 bits per heavy atom. The summed E-state index contributed by atoms with van der Waals surface area (Å²) in [6, 6.07) is 0.108. The fraction of sp³-hybridized carbons (Fsp3) is 0.300. The first kappa shape index (κ1) is 16.1. The largest absolute Gasteiger partial charge is 0.479 e. The van der Waals surface area contributed by atoms with Crippen molar-refractivity contribution in [2.45, 2.75) is 18.5 Å². The van der Waals surface area contributed by atoms with E-state index in [0.29, 0.717) is 0 Å². The van der Waals surface area contributed by atoms with E-state index >= 15 is 0 Å². The zero-order chi connectivity index (χ0) is 15.9. The zero-order valence-electron chi connectivity index (χ0n) is 9.38. The molecule has 0 saturated heterocycles. The quantitative estimate of drug-likeness (QED) is 0.579. The van der Waals surface area contributed by atoms with Gasteiger partial charge in [-0.15, -0.1) is 0 Å². The number of aliphatic hydroxyl groups is 1. The molecule has 1 aromatic carbocycles. The first-order valence-corrected chi connectivity index (χ1v) is 4.85.